The summed E-state index contributed by atoms with van der Waals surface area (Å²) in [7, 11) is 0. The molecule has 4 aromatic rings. The van der Waals surface area contributed by atoms with Gasteiger partial charge >= 0.3 is 0 Å². The number of para-hydroxylation sites is 1. The fraction of sp³-hybridized carbons (Fsp3) is 0.238. The van der Waals surface area contributed by atoms with Crippen molar-refractivity contribution in [2.75, 3.05) is 0 Å². The maximum absolute atomic E-state index is 5.97. The van der Waals surface area contributed by atoms with E-state index in [1.807, 2.05) is 18.2 Å². The first-order chi connectivity index (χ1) is 10.4. The summed E-state index contributed by atoms with van der Waals surface area (Å²) in [6.45, 7) is 8.75. The smallest absolute Gasteiger partial charge is 0.143 e. The second-order valence-corrected chi connectivity index (χ2v) is 7.26. The summed E-state index contributed by atoms with van der Waals surface area (Å²) in [6.07, 6.45) is 0. The first-order valence-corrected chi connectivity index (χ1v) is 7.72. The highest BCUT2D eigenvalue weighted by atomic mass is 16.3. The van der Waals surface area contributed by atoms with E-state index in [1.165, 1.54) is 21.5 Å². The molecule has 0 unspecified atom stereocenters. The fourth-order valence-corrected chi connectivity index (χ4v) is 2.45. The molecule has 0 fully saturated rings. The van der Waals surface area contributed by atoms with Crippen molar-refractivity contribution in [3.63, 3.8) is 0 Å². The third-order valence-electron chi connectivity index (χ3n) is 3.27. The molecule has 0 aliphatic heterocycles. The van der Waals surface area contributed by atoms with Gasteiger partial charge in [-0.1, -0.05) is 76.2 Å². The molecule has 1 heterocycles. The summed E-state index contributed by atoms with van der Waals surface area (Å²) in [4.78, 5) is 0. The minimum absolute atomic E-state index is 0.500. The standard InChI is InChI=1S/C16H10O.C5H12/c1-2-6-12-11(5-1)9-10-14-13-7-3-4-8-15(13)17-16(12)14;1-5(2,3)4/h1-10H;1-4H3. The van der Waals surface area contributed by atoms with E-state index in [0.717, 1.165) is 11.2 Å². The highest BCUT2D eigenvalue weighted by molar-refractivity contribution is 6.14. The van der Waals surface area contributed by atoms with Crippen LogP contribution in [0.4, 0.5) is 0 Å². The summed E-state index contributed by atoms with van der Waals surface area (Å²) in [5, 5.41) is 4.79. The van der Waals surface area contributed by atoms with E-state index in [9.17, 15) is 0 Å². The Bertz CT molecular complexity index is 917. The molecule has 22 heavy (non-hydrogen) atoms. The molecule has 1 heteroatoms. The molecule has 0 aliphatic rings. The summed E-state index contributed by atoms with van der Waals surface area (Å²) >= 11 is 0. The van der Waals surface area contributed by atoms with Crippen molar-refractivity contribution in [1.82, 2.24) is 0 Å². The van der Waals surface area contributed by atoms with Gasteiger partial charge in [-0.25, -0.2) is 0 Å². The van der Waals surface area contributed by atoms with Gasteiger partial charge in [-0.05, 0) is 22.9 Å². The largest absolute Gasteiger partial charge is 0.455 e. The van der Waals surface area contributed by atoms with Crippen molar-refractivity contribution in [2.24, 2.45) is 5.41 Å². The monoisotopic (exact) mass is 290 g/mol. The number of fused-ring (bicyclic) bond motifs is 5. The lowest BCUT2D eigenvalue weighted by Crippen LogP contribution is -1.93. The van der Waals surface area contributed by atoms with Crippen molar-refractivity contribution >= 4 is 32.7 Å². The summed E-state index contributed by atoms with van der Waals surface area (Å²) < 4.78 is 5.97. The molecule has 0 radical (unpaired) electrons. The van der Waals surface area contributed by atoms with Gasteiger partial charge in [-0.3, -0.25) is 0 Å². The zero-order chi connectivity index (χ0) is 15.7. The van der Waals surface area contributed by atoms with E-state index in [0.29, 0.717) is 5.41 Å². The van der Waals surface area contributed by atoms with Crippen LogP contribution in [0.15, 0.2) is 65.1 Å². The first kappa shape index (κ1) is 14.6. The van der Waals surface area contributed by atoms with Crippen molar-refractivity contribution in [1.29, 1.82) is 0 Å². The lowest BCUT2D eigenvalue weighted by atomic mass is 10.0. The van der Waals surface area contributed by atoms with Gasteiger partial charge in [0.2, 0.25) is 0 Å². The molecule has 0 saturated carbocycles. The van der Waals surface area contributed by atoms with Crippen LogP contribution in [0.5, 0.6) is 0 Å². The molecule has 1 nitrogen and oxygen atoms in total. The summed E-state index contributed by atoms with van der Waals surface area (Å²) in [5.74, 6) is 0. The number of furan rings is 1. The number of rotatable bonds is 0. The molecule has 0 aliphatic carbocycles. The maximum atomic E-state index is 5.97. The van der Waals surface area contributed by atoms with E-state index >= 15 is 0 Å². The predicted octanol–water partition coefficient (Wildman–Crippen LogP) is 6.79. The van der Waals surface area contributed by atoms with Crippen molar-refractivity contribution in [2.45, 2.75) is 27.7 Å². The molecule has 0 saturated heterocycles. The molecular formula is C21H22O. The SMILES string of the molecule is CC(C)(C)C.c1ccc2c(c1)ccc1c3ccccc3oc21. The Labute approximate surface area is 131 Å². The number of hydrogen-bond donors (Lipinski definition) is 0. The first-order valence-electron chi connectivity index (χ1n) is 7.72. The van der Waals surface area contributed by atoms with Gasteiger partial charge in [0, 0.05) is 16.2 Å². The average Bonchev–Trinajstić information content (AvgIpc) is 2.84. The Balaban J connectivity index is 0.000000254. The van der Waals surface area contributed by atoms with E-state index in [2.05, 4.69) is 70.2 Å². The normalized spacial score (nSPS) is 11.6. The topological polar surface area (TPSA) is 13.1 Å². The molecule has 0 atom stereocenters. The second kappa shape index (κ2) is 5.49. The zero-order valence-corrected chi connectivity index (χ0v) is 13.7. The van der Waals surface area contributed by atoms with Crippen molar-refractivity contribution in [3.8, 4) is 0 Å². The lowest BCUT2D eigenvalue weighted by Gasteiger charge is -2.05. The van der Waals surface area contributed by atoms with E-state index in [-0.39, 0.29) is 0 Å². The van der Waals surface area contributed by atoms with E-state index < -0.39 is 0 Å². The van der Waals surface area contributed by atoms with Gasteiger partial charge in [0.15, 0.2) is 0 Å². The minimum atomic E-state index is 0.500. The second-order valence-electron chi connectivity index (χ2n) is 7.26. The van der Waals surface area contributed by atoms with Crippen LogP contribution in [-0.2, 0) is 0 Å². The van der Waals surface area contributed by atoms with Gasteiger partial charge in [0.25, 0.3) is 0 Å². The Hall–Kier alpha value is -2.28. The van der Waals surface area contributed by atoms with E-state index in [4.69, 9.17) is 4.42 Å². The Morgan fingerprint density at radius 3 is 1.95 bits per heavy atom. The molecule has 0 N–H and O–H groups in total. The van der Waals surface area contributed by atoms with E-state index in [1.54, 1.807) is 0 Å². The highest BCUT2D eigenvalue weighted by Crippen LogP contribution is 2.33. The van der Waals surface area contributed by atoms with Crippen LogP contribution in [0.25, 0.3) is 32.7 Å². The summed E-state index contributed by atoms with van der Waals surface area (Å²) in [6, 6.07) is 20.8. The zero-order valence-electron chi connectivity index (χ0n) is 13.7. The van der Waals surface area contributed by atoms with Crippen LogP contribution in [0.3, 0.4) is 0 Å². The van der Waals surface area contributed by atoms with Crippen LogP contribution in [-0.4, -0.2) is 0 Å². The minimum Gasteiger partial charge on any atom is -0.455 e. The lowest BCUT2D eigenvalue weighted by molar-refractivity contribution is 0.469. The van der Waals surface area contributed by atoms with Crippen LogP contribution in [0, 0.1) is 5.41 Å². The predicted molar refractivity (Wildman–Crippen MR) is 96.4 cm³/mol. The van der Waals surface area contributed by atoms with Crippen LogP contribution >= 0.6 is 0 Å². The van der Waals surface area contributed by atoms with Crippen molar-refractivity contribution in [3.05, 3.63) is 60.7 Å². The third kappa shape index (κ3) is 2.99. The summed E-state index contributed by atoms with van der Waals surface area (Å²) in [5.41, 5.74) is 2.45. The molecular weight excluding hydrogens is 268 g/mol. The highest BCUT2D eigenvalue weighted by Gasteiger charge is 2.08. The van der Waals surface area contributed by atoms with Gasteiger partial charge in [0.1, 0.15) is 11.2 Å². The Morgan fingerprint density at radius 2 is 1.23 bits per heavy atom. The van der Waals surface area contributed by atoms with Crippen LogP contribution in [0.1, 0.15) is 27.7 Å². The van der Waals surface area contributed by atoms with Crippen LogP contribution < -0.4 is 0 Å². The van der Waals surface area contributed by atoms with Gasteiger partial charge in [-0.15, -0.1) is 0 Å². The molecule has 3 aromatic carbocycles. The molecule has 4 rings (SSSR count). The molecule has 1 aromatic heterocycles. The fourth-order valence-electron chi connectivity index (χ4n) is 2.45. The molecule has 0 spiro atoms. The number of hydrogen-bond acceptors (Lipinski definition) is 1. The molecule has 112 valence electrons. The Morgan fingerprint density at radius 1 is 0.636 bits per heavy atom. The van der Waals surface area contributed by atoms with Crippen LogP contribution in [0.2, 0.25) is 0 Å². The van der Waals surface area contributed by atoms with Gasteiger partial charge in [0.05, 0.1) is 0 Å². The molecule has 0 amide bonds. The van der Waals surface area contributed by atoms with Crippen molar-refractivity contribution < 1.29 is 4.42 Å². The number of benzene rings is 3. The third-order valence-corrected chi connectivity index (χ3v) is 3.27. The molecule has 0 bridgehead atoms. The maximum Gasteiger partial charge on any atom is 0.143 e. The Kier molecular flexibility index (Phi) is 3.66. The quantitative estimate of drug-likeness (QED) is 0.347. The van der Waals surface area contributed by atoms with Gasteiger partial charge < -0.3 is 4.42 Å². The average molecular weight is 290 g/mol. The van der Waals surface area contributed by atoms with Gasteiger partial charge in [-0.2, -0.15) is 0 Å².